The van der Waals surface area contributed by atoms with Crippen molar-refractivity contribution in [1.82, 2.24) is 42.7 Å². The van der Waals surface area contributed by atoms with Gasteiger partial charge in [0.15, 0.2) is 17.0 Å². The third-order valence-electron chi connectivity index (χ3n) is 5.26. The Morgan fingerprint density at radius 1 is 1.21 bits per heavy atom. The van der Waals surface area contributed by atoms with E-state index in [-0.39, 0.29) is 47.3 Å². The summed E-state index contributed by atoms with van der Waals surface area (Å²) in [6, 6.07) is 2.35. The maximum atomic E-state index is 12.4. The molecule has 0 unspecified atom stereocenters. The quantitative estimate of drug-likeness (QED) is 0.128. The molecule has 0 radical (unpaired) electrons. The number of fused-ring (bicyclic) bond motifs is 2. The van der Waals surface area contributed by atoms with Gasteiger partial charge >= 0.3 is 0 Å². The Balaban J connectivity index is 0.00000253. The van der Waals surface area contributed by atoms with Crippen LogP contribution in [-0.4, -0.2) is 73.5 Å². The molecule has 3 aromatic rings. The number of anilines is 3. The van der Waals surface area contributed by atoms with Gasteiger partial charge in [0.2, 0.25) is 5.95 Å². The predicted octanol–water partition coefficient (Wildman–Crippen LogP) is -2.10. The van der Waals surface area contributed by atoms with Gasteiger partial charge < -0.3 is 43.5 Å². The molecule has 1 amide bonds. The first-order valence-electron chi connectivity index (χ1n) is 10.3. The Kier molecular flexibility index (Phi) is 9.00. The number of benzene rings is 1. The second-order valence-corrected chi connectivity index (χ2v) is 9.27. The number of hydroxylamine groups is 1. The van der Waals surface area contributed by atoms with Crippen molar-refractivity contribution in [2.24, 2.45) is 0 Å². The maximum absolute atomic E-state index is 12.4. The fourth-order valence-electron chi connectivity index (χ4n) is 3.67. The molecule has 4 rings (SSSR count). The van der Waals surface area contributed by atoms with Gasteiger partial charge in [0.1, 0.15) is 0 Å². The van der Waals surface area contributed by atoms with E-state index in [0.717, 1.165) is 5.17 Å². The molecule has 1 atom stereocenters. The van der Waals surface area contributed by atoms with Crippen molar-refractivity contribution in [2.75, 3.05) is 28.8 Å². The molecule has 38 heavy (non-hydrogen) atoms. The van der Waals surface area contributed by atoms with Crippen LogP contribution in [0.15, 0.2) is 24.4 Å². The summed E-state index contributed by atoms with van der Waals surface area (Å²) in [5.41, 5.74) is 13.4. The van der Waals surface area contributed by atoms with E-state index in [1.54, 1.807) is 0 Å². The summed E-state index contributed by atoms with van der Waals surface area (Å²) in [6.45, 7) is 0.265. The molecular weight excluding hydrogens is 526 g/mol. The van der Waals surface area contributed by atoms with Gasteiger partial charge in [-0.05, 0) is 30.2 Å². The predicted molar refractivity (Wildman–Crippen MR) is 132 cm³/mol. The van der Waals surface area contributed by atoms with Crippen LogP contribution in [0.1, 0.15) is 21.6 Å². The molecule has 18 nitrogen and oxygen atoms in total. The van der Waals surface area contributed by atoms with Crippen LogP contribution in [-0.2, 0) is 27.9 Å². The smallest absolute Gasteiger partial charge is 0.251 e. The van der Waals surface area contributed by atoms with Crippen LogP contribution in [0.5, 0.6) is 0 Å². The Labute approximate surface area is 215 Å². The molecule has 1 aliphatic heterocycles. The number of carbonyl (C=O) groups excluding carboxylic acids is 2. The molecule has 2 aromatic heterocycles. The fraction of sp³-hybridized carbons (Fsp3) is 0.263. The summed E-state index contributed by atoms with van der Waals surface area (Å²) in [6.07, 6.45) is 1.83. The molecule has 0 saturated carbocycles. The normalized spacial score (nSPS) is 13.4. The van der Waals surface area contributed by atoms with Crippen LogP contribution >= 0.6 is 0 Å². The molecule has 1 aliphatic rings. The highest BCUT2D eigenvalue weighted by molar-refractivity contribution is 7.85. The summed E-state index contributed by atoms with van der Waals surface area (Å²) in [5.74, 6) is -4.15. The van der Waals surface area contributed by atoms with Gasteiger partial charge in [-0.1, -0.05) is 5.17 Å². The fourth-order valence-corrected chi connectivity index (χ4v) is 4.30. The summed E-state index contributed by atoms with van der Waals surface area (Å²) in [7, 11) is -4.92. The molecule has 19 heteroatoms. The molecule has 0 aliphatic carbocycles. The van der Waals surface area contributed by atoms with Crippen molar-refractivity contribution < 1.29 is 32.9 Å². The van der Waals surface area contributed by atoms with E-state index < -0.39 is 33.8 Å². The van der Waals surface area contributed by atoms with Gasteiger partial charge in [0, 0.05) is 12.1 Å². The highest BCUT2D eigenvalue weighted by Crippen LogP contribution is 2.30. The number of nitrogens with one attached hydrogen (secondary N) is 1. The van der Waals surface area contributed by atoms with Crippen LogP contribution in [0.2, 0.25) is 0 Å². The van der Waals surface area contributed by atoms with Crippen LogP contribution in [0.3, 0.4) is 0 Å². The Morgan fingerprint density at radius 2 is 1.92 bits per heavy atom. The third-order valence-corrected chi connectivity index (χ3v) is 6.00. The molecule has 3 heterocycles. The van der Waals surface area contributed by atoms with Crippen molar-refractivity contribution in [2.45, 2.75) is 19.0 Å². The molecule has 0 fully saturated rings. The number of aliphatic carboxylic acids is 1. The van der Waals surface area contributed by atoms with Crippen molar-refractivity contribution >= 4 is 50.6 Å². The number of rotatable bonds is 8. The van der Waals surface area contributed by atoms with E-state index in [2.05, 4.69) is 19.9 Å². The third kappa shape index (κ3) is 6.53. The minimum Gasteiger partial charge on any atom is -0.748 e. The minimum absolute atomic E-state index is 0. The van der Waals surface area contributed by atoms with Crippen LogP contribution in [0.25, 0.3) is 11.2 Å². The molecule has 0 spiro atoms. The lowest BCUT2D eigenvalue weighted by atomic mass is 10.1. The average Bonchev–Trinajstić information content (AvgIpc) is 3.21. The van der Waals surface area contributed by atoms with Crippen LogP contribution < -0.4 is 39.2 Å². The zero-order valence-electron chi connectivity index (χ0n) is 20.4. The zero-order valence-corrected chi connectivity index (χ0v) is 21.2. The van der Waals surface area contributed by atoms with E-state index >= 15 is 0 Å². The first-order chi connectivity index (χ1) is 16.9. The highest BCUT2D eigenvalue weighted by Gasteiger charge is 2.26. The number of carboxylic acids is 1. The largest absolute Gasteiger partial charge is 0.748 e. The lowest BCUT2D eigenvalue weighted by molar-refractivity contribution is -0.307. The standard InChI is InChI=1S/C19H21N9O7S.2H3N/c20-15-14-16(26-19(21)25-15)22-6-11(23-14)7-28(32)27-4-3-9-5-10(1-2-13(9)27)17(29)24-12(18(30)31)8-36(33,34)35;;/h1-2,5-6,12,32H,3-4,7-8H2,(H,24,29)(H,30,31)(H,33,34,35)(H4,20,21,22,25,26);2*1H3/t12-;;/m0../s1. The highest BCUT2D eigenvalue weighted by atomic mass is 32.2. The zero-order chi connectivity index (χ0) is 26.2. The van der Waals surface area contributed by atoms with Gasteiger partial charge in [0.25, 0.3) is 5.91 Å². The summed E-state index contributed by atoms with van der Waals surface area (Å²) >= 11 is 0. The second kappa shape index (κ2) is 11.4. The molecule has 206 valence electrons. The number of carbonyl (C=O) groups is 2. The molecular formula is C19H27N11O7S. The van der Waals surface area contributed by atoms with Gasteiger partial charge in [-0.3, -0.25) is 15.0 Å². The number of hydrogen-bond donors (Lipinski definition) is 6. The first-order valence-corrected chi connectivity index (χ1v) is 11.9. The number of hydrogen-bond acceptors (Lipinski definition) is 15. The van der Waals surface area contributed by atoms with Crippen molar-refractivity contribution in [1.29, 1.82) is 0 Å². The van der Waals surface area contributed by atoms with E-state index in [1.807, 2.05) is 5.32 Å². The summed E-state index contributed by atoms with van der Waals surface area (Å²) in [4.78, 5) is 39.8. The Morgan fingerprint density at radius 3 is 2.58 bits per heavy atom. The number of aromatic nitrogens is 4. The van der Waals surface area contributed by atoms with Crippen molar-refractivity contribution in [3.8, 4) is 0 Å². The minimum atomic E-state index is -4.92. The number of nitrogens with zero attached hydrogens (tertiary/aromatic N) is 6. The Hall–Kier alpha value is -4.27. The molecule has 0 bridgehead atoms. The topological polar surface area (TPSA) is 330 Å². The average molecular weight is 554 g/mol. The lowest BCUT2D eigenvalue weighted by Gasteiger charge is -2.28. The second-order valence-electron chi connectivity index (χ2n) is 7.82. The monoisotopic (exact) mass is 553 g/mol. The lowest BCUT2D eigenvalue weighted by Crippen LogP contribution is -2.51. The number of nitrogens with two attached hydrogens (primary N) is 2. The molecule has 0 saturated heterocycles. The summed E-state index contributed by atoms with van der Waals surface area (Å²) in [5, 5.41) is 26.2. The van der Waals surface area contributed by atoms with Crippen LogP contribution in [0, 0.1) is 0 Å². The van der Waals surface area contributed by atoms with E-state index in [4.69, 9.17) is 11.5 Å². The van der Waals surface area contributed by atoms with E-state index in [1.165, 1.54) is 29.4 Å². The molecule has 1 aromatic carbocycles. The number of nitrogen functional groups attached to an aromatic ring is 2. The maximum Gasteiger partial charge on any atom is 0.251 e. The van der Waals surface area contributed by atoms with Crippen LogP contribution in [0.4, 0.5) is 17.5 Å². The van der Waals surface area contributed by atoms with Gasteiger partial charge in [-0.2, -0.15) is 9.97 Å². The molecule has 14 N–H and O–H groups in total. The number of quaternary nitrogens is 2. The number of carboxylic acid groups (broad SMARTS) is 1. The number of hydrazine groups is 1. The Bertz CT molecular complexity index is 1470. The summed E-state index contributed by atoms with van der Waals surface area (Å²) < 4.78 is 32.7. The van der Waals surface area contributed by atoms with Crippen molar-refractivity contribution in [3.63, 3.8) is 0 Å². The van der Waals surface area contributed by atoms with Crippen molar-refractivity contribution in [3.05, 3.63) is 41.2 Å². The van der Waals surface area contributed by atoms with E-state index in [9.17, 15) is 32.9 Å². The van der Waals surface area contributed by atoms with E-state index in [0.29, 0.717) is 29.9 Å². The van der Waals surface area contributed by atoms with Gasteiger partial charge in [-0.25, -0.2) is 18.4 Å². The van der Waals surface area contributed by atoms with Gasteiger partial charge in [0.05, 0.1) is 52.0 Å². The number of amides is 1. The van der Waals surface area contributed by atoms with Gasteiger partial charge in [-0.15, -0.1) is 0 Å². The first kappa shape index (κ1) is 30.0. The SMILES string of the molecule is Nc1nc(N)c2nc(CN(O)N3CCc4cc(C(=O)N[C@@H](CS(=O)(=O)[O-])C(=O)[O-])ccc43)cnc2n1.[NH4+].[NH4+].